The van der Waals surface area contributed by atoms with Gasteiger partial charge in [0.2, 0.25) is 0 Å². The van der Waals surface area contributed by atoms with Crippen molar-refractivity contribution in [3.05, 3.63) is 54.1 Å². The molecular weight excluding hydrogens is 340 g/mol. The van der Waals surface area contributed by atoms with Gasteiger partial charge in [0.25, 0.3) is 5.91 Å². The first-order valence-electron chi connectivity index (χ1n) is 9.59. The van der Waals surface area contributed by atoms with E-state index in [1.165, 1.54) is 0 Å². The molecule has 0 spiro atoms. The molecule has 2 N–H and O–H groups in total. The number of hydrogen-bond donors (Lipinski definition) is 2. The molecule has 6 heteroatoms. The molecule has 0 saturated carbocycles. The van der Waals surface area contributed by atoms with Gasteiger partial charge in [0.15, 0.2) is 0 Å². The predicted octanol–water partition coefficient (Wildman–Crippen LogP) is 2.19. The van der Waals surface area contributed by atoms with Crippen LogP contribution in [0.2, 0.25) is 0 Å². The van der Waals surface area contributed by atoms with Crippen LogP contribution >= 0.6 is 0 Å². The second-order valence-corrected chi connectivity index (χ2v) is 6.89. The lowest BCUT2D eigenvalue weighted by Gasteiger charge is -2.29. The van der Waals surface area contributed by atoms with Crippen molar-refractivity contribution >= 4 is 23.0 Å². The summed E-state index contributed by atoms with van der Waals surface area (Å²) in [7, 11) is 0. The Kier molecular flexibility index (Phi) is 5.55. The van der Waals surface area contributed by atoms with Crippen molar-refractivity contribution in [3.8, 4) is 0 Å². The van der Waals surface area contributed by atoms with Crippen LogP contribution in [-0.4, -0.2) is 58.4 Å². The number of carbonyl (C=O) groups excluding carboxylic acids is 1. The summed E-state index contributed by atoms with van der Waals surface area (Å²) in [4.78, 5) is 17.3. The molecule has 2 saturated heterocycles. The molecule has 2 aromatic carbocycles. The summed E-state index contributed by atoms with van der Waals surface area (Å²) in [6.45, 7) is 7.23. The van der Waals surface area contributed by atoms with E-state index >= 15 is 0 Å². The van der Waals surface area contributed by atoms with Gasteiger partial charge in [-0.3, -0.25) is 4.79 Å². The molecule has 0 bridgehead atoms. The number of nitrogens with one attached hydrogen (secondary N) is 2. The molecule has 2 aliphatic heterocycles. The van der Waals surface area contributed by atoms with E-state index in [4.69, 9.17) is 4.74 Å². The molecule has 0 aromatic heterocycles. The quantitative estimate of drug-likeness (QED) is 0.869. The normalized spacial score (nSPS) is 17.6. The number of hydrogen-bond acceptors (Lipinski definition) is 5. The molecule has 2 aromatic rings. The van der Waals surface area contributed by atoms with Gasteiger partial charge in [-0.2, -0.15) is 0 Å². The second-order valence-electron chi connectivity index (χ2n) is 6.89. The Labute approximate surface area is 160 Å². The summed E-state index contributed by atoms with van der Waals surface area (Å²) < 4.78 is 5.39. The average Bonchev–Trinajstić information content (AvgIpc) is 2.75. The van der Waals surface area contributed by atoms with Gasteiger partial charge in [-0.05, 0) is 42.5 Å². The van der Waals surface area contributed by atoms with Gasteiger partial charge < -0.3 is 25.2 Å². The maximum absolute atomic E-state index is 12.7. The maximum atomic E-state index is 12.7. The molecule has 2 fully saturated rings. The van der Waals surface area contributed by atoms with Crippen molar-refractivity contribution in [2.24, 2.45) is 0 Å². The minimum Gasteiger partial charge on any atom is -0.378 e. The smallest absolute Gasteiger partial charge is 0.255 e. The zero-order chi connectivity index (χ0) is 18.5. The fraction of sp³-hybridized carbons (Fsp3) is 0.381. The summed E-state index contributed by atoms with van der Waals surface area (Å²) in [5, 5.41) is 6.36. The Morgan fingerprint density at radius 3 is 2.33 bits per heavy atom. The molecule has 27 heavy (non-hydrogen) atoms. The molecule has 0 unspecified atom stereocenters. The molecule has 6 nitrogen and oxygen atoms in total. The summed E-state index contributed by atoms with van der Waals surface area (Å²) in [6, 6.07) is 15.9. The monoisotopic (exact) mass is 366 g/mol. The number of piperazine rings is 1. The number of carbonyl (C=O) groups is 1. The molecule has 4 rings (SSSR count). The molecule has 0 radical (unpaired) electrons. The van der Waals surface area contributed by atoms with Crippen LogP contribution < -0.4 is 20.4 Å². The lowest BCUT2D eigenvalue weighted by Crippen LogP contribution is -2.43. The Morgan fingerprint density at radius 1 is 0.889 bits per heavy atom. The topological polar surface area (TPSA) is 56.8 Å². The zero-order valence-corrected chi connectivity index (χ0v) is 15.5. The third-order valence-electron chi connectivity index (χ3n) is 5.09. The predicted molar refractivity (Wildman–Crippen MR) is 109 cm³/mol. The summed E-state index contributed by atoms with van der Waals surface area (Å²) in [5.74, 6) is -0.0777. The van der Waals surface area contributed by atoms with Gasteiger partial charge in [-0.1, -0.05) is 6.07 Å². The van der Waals surface area contributed by atoms with E-state index in [0.717, 1.165) is 69.5 Å². The highest BCUT2D eigenvalue weighted by Gasteiger charge is 2.14. The number of nitrogens with zero attached hydrogens (tertiary/aromatic N) is 2. The van der Waals surface area contributed by atoms with Gasteiger partial charge in [0, 0.05) is 61.9 Å². The number of morpholine rings is 1. The Morgan fingerprint density at radius 2 is 1.59 bits per heavy atom. The highest BCUT2D eigenvalue weighted by molar-refractivity contribution is 6.04. The van der Waals surface area contributed by atoms with E-state index < -0.39 is 0 Å². The van der Waals surface area contributed by atoms with Crippen LogP contribution in [0.15, 0.2) is 48.5 Å². The zero-order valence-electron chi connectivity index (χ0n) is 15.5. The number of benzene rings is 2. The molecular formula is C21H26N4O2. The van der Waals surface area contributed by atoms with Gasteiger partial charge in [0.05, 0.1) is 13.2 Å². The minimum absolute atomic E-state index is 0.0777. The molecule has 0 aliphatic carbocycles. The number of anilines is 3. The fourth-order valence-electron chi connectivity index (χ4n) is 3.55. The van der Waals surface area contributed by atoms with Crippen LogP contribution in [0.4, 0.5) is 17.1 Å². The van der Waals surface area contributed by atoms with Gasteiger partial charge in [0.1, 0.15) is 0 Å². The summed E-state index contributed by atoms with van der Waals surface area (Å²) >= 11 is 0. The lowest BCUT2D eigenvalue weighted by atomic mass is 10.1. The lowest BCUT2D eigenvalue weighted by molar-refractivity contribution is 0.102. The van der Waals surface area contributed by atoms with Crippen molar-refractivity contribution in [2.75, 3.05) is 67.6 Å². The van der Waals surface area contributed by atoms with Crippen LogP contribution in [0.25, 0.3) is 0 Å². The Hall–Kier alpha value is -2.57. The maximum Gasteiger partial charge on any atom is 0.255 e. The van der Waals surface area contributed by atoms with Gasteiger partial charge in [-0.25, -0.2) is 0 Å². The first kappa shape index (κ1) is 17.8. The van der Waals surface area contributed by atoms with Crippen molar-refractivity contribution in [1.29, 1.82) is 0 Å². The molecule has 142 valence electrons. The van der Waals surface area contributed by atoms with Crippen LogP contribution in [0, 0.1) is 0 Å². The number of ether oxygens (including phenoxy) is 1. The Bertz CT molecular complexity index is 766. The van der Waals surface area contributed by atoms with E-state index in [-0.39, 0.29) is 5.91 Å². The second kappa shape index (κ2) is 8.41. The number of amides is 1. The fourth-order valence-corrected chi connectivity index (χ4v) is 3.55. The van der Waals surface area contributed by atoms with E-state index in [0.29, 0.717) is 5.56 Å². The highest BCUT2D eigenvalue weighted by atomic mass is 16.5. The molecule has 2 heterocycles. The molecule has 1 amide bonds. The summed E-state index contributed by atoms with van der Waals surface area (Å²) in [6.07, 6.45) is 0. The summed E-state index contributed by atoms with van der Waals surface area (Å²) in [5.41, 5.74) is 3.76. The van der Waals surface area contributed by atoms with E-state index in [1.54, 1.807) is 0 Å². The van der Waals surface area contributed by atoms with Crippen molar-refractivity contribution in [1.82, 2.24) is 5.32 Å². The SMILES string of the molecule is O=C(Nc1ccc(N2CCOCC2)cc1)c1cccc(N2CCNCC2)c1. The number of rotatable bonds is 4. The standard InChI is InChI=1S/C21H26N4O2/c26-21(17-2-1-3-20(16-17)24-10-8-22-9-11-24)23-18-4-6-19(7-5-18)25-12-14-27-15-13-25/h1-7,16,22H,8-15H2,(H,23,26). The van der Waals surface area contributed by atoms with Crippen molar-refractivity contribution in [3.63, 3.8) is 0 Å². The minimum atomic E-state index is -0.0777. The average molecular weight is 366 g/mol. The van der Waals surface area contributed by atoms with E-state index in [2.05, 4.69) is 38.6 Å². The molecule has 2 aliphatic rings. The Balaban J connectivity index is 1.41. The van der Waals surface area contributed by atoms with Crippen LogP contribution in [0.3, 0.4) is 0 Å². The highest BCUT2D eigenvalue weighted by Crippen LogP contribution is 2.21. The largest absolute Gasteiger partial charge is 0.378 e. The van der Waals surface area contributed by atoms with Crippen LogP contribution in [-0.2, 0) is 4.74 Å². The van der Waals surface area contributed by atoms with Crippen molar-refractivity contribution in [2.45, 2.75) is 0 Å². The third-order valence-corrected chi connectivity index (χ3v) is 5.09. The van der Waals surface area contributed by atoms with E-state index in [1.807, 2.05) is 30.3 Å². The van der Waals surface area contributed by atoms with Crippen LogP contribution in [0.1, 0.15) is 10.4 Å². The molecule has 0 atom stereocenters. The van der Waals surface area contributed by atoms with Crippen LogP contribution in [0.5, 0.6) is 0 Å². The van der Waals surface area contributed by atoms with Gasteiger partial charge >= 0.3 is 0 Å². The first-order valence-corrected chi connectivity index (χ1v) is 9.59. The first-order chi connectivity index (χ1) is 13.3. The van der Waals surface area contributed by atoms with Gasteiger partial charge in [-0.15, -0.1) is 0 Å². The third kappa shape index (κ3) is 4.40. The van der Waals surface area contributed by atoms with E-state index in [9.17, 15) is 4.79 Å². The van der Waals surface area contributed by atoms with Crippen molar-refractivity contribution < 1.29 is 9.53 Å².